The Morgan fingerprint density at radius 1 is 1.11 bits per heavy atom. The summed E-state index contributed by atoms with van der Waals surface area (Å²) in [5.41, 5.74) is -0.0288. The van der Waals surface area contributed by atoms with Gasteiger partial charge in [0, 0.05) is 44.1 Å². The van der Waals surface area contributed by atoms with E-state index in [1.165, 1.54) is 32.6 Å². The molecule has 0 aliphatic carbocycles. The average molecular weight is 562 g/mol. The normalized spacial score (nSPS) is 21.3. The number of carbonyl (C=O) groups is 1. The van der Waals surface area contributed by atoms with Crippen LogP contribution in [0, 0.1) is 24.6 Å². The first-order valence-corrected chi connectivity index (χ1v) is 15.1. The largest absolute Gasteiger partial charge is 0.366 e. The van der Waals surface area contributed by atoms with Crippen molar-refractivity contribution < 1.29 is 17.6 Å². The van der Waals surface area contributed by atoms with Crippen LogP contribution in [0.3, 0.4) is 0 Å². The van der Waals surface area contributed by atoms with E-state index in [9.17, 15) is 22.4 Å². The fraction of sp³-hybridized carbons (Fsp3) is 0.500. The van der Waals surface area contributed by atoms with Gasteiger partial charge < -0.3 is 9.80 Å². The molecule has 0 N–H and O–H groups in total. The van der Waals surface area contributed by atoms with E-state index in [0.717, 1.165) is 6.42 Å². The zero-order valence-corrected chi connectivity index (χ0v) is 23.4. The molecule has 12 heteroatoms. The Kier molecular flexibility index (Phi) is 7.31. The molecule has 0 bridgehead atoms. The van der Waals surface area contributed by atoms with E-state index < -0.39 is 15.6 Å². The predicted molar refractivity (Wildman–Crippen MR) is 146 cm³/mol. The van der Waals surface area contributed by atoms with Crippen molar-refractivity contribution in [2.45, 2.75) is 38.6 Å². The number of para-hydroxylation sites is 1. The van der Waals surface area contributed by atoms with E-state index in [2.05, 4.69) is 4.98 Å². The van der Waals surface area contributed by atoms with Crippen LogP contribution in [0.5, 0.6) is 0 Å². The van der Waals surface area contributed by atoms with Gasteiger partial charge >= 0.3 is 0 Å². The Balaban J connectivity index is 1.37. The first-order chi connectivity index (χ1) is 18.1. The number of halogens is 1. The minimum atomic E-state index is -3.91. The van der Waals surface area contributed by atoms with Gasteiger partial charge in [0.1, 0.15) is 22.1 Å². The number of carbonyl (C=O) groups excluding carboxylic acids is 1. The number of rotatable bonds is 5. The number of hydrogen-bond acceptors (Lipinski definition) is 7. The summed E-state index contributed by atoms with van der Waals surface area (Å²) >= 11 is 1.18. The monoisotopic (exact) mass is 561 g/mol. The number of thiophene rings is 1. The van der Waals surface area contributed by atoms with Gasteiger partial charge in [0.15, 0.2) is 0 Å². The van der Waals surface area contributed by atoms with Crippen molar-refractivity contribution in [2.75, 3.05) is 44.2 Å². The molecule has 5 rings (SSSR count). The molecule has 0 spiro atoms. The fourth-order valence-electron chi connectivity index (χ4n) is 5.62. The van der Waals surface area contributed by atoms with Gasteiger partial charge in [0.2, 0.25) is 15.9 Å². The van der Waals surface area contributed by atoms with Crippen molar-refractivity contribution >= 4 is 43.2 Å². The third-order valence-electron chi connectivity index (χ3n) is 7.36. The van der Waals surface area contributed by atoms with E-state index in [-0.39, 0.29) is 40.4 Å². The van der Waals surface area contributed by atoms with Crippen molar-refractivity contribution in [1.29, 1.82) is 0 Å². The summed E-state index contributed by atoms with van der Waals surface area (Å²) in [6.07, 6.45) is 2.27. The molecule has 0 unspecified atom stereocenters. The second-order valence-electron chi connectivity index (χ2n) is 10.4. The van der Waals surface area contributed by atoms with Crippen LogP contribution in [0.2, 0.25) is 0 Å². The number of aryl methyl sites for hydroxylation is 1. The molecule has 2 atom stereocenters. The molecule has 9 nitrogen and oxygen atoms in total. The second kappa shape index (κ2) is 10.4. The summed E-state index contributed by atoms with van der Waals surface area (Å²) in [7, 11) is -3.91. The van der Waals surface area contributed by atoms with Crippen molar-refractivity contribution in [3.8, 4) is 0 Å². The lowest BCUT2D eigenvalue weighted by molar-refractivity contribution is -0.132. The SMILES string of the molecule is Cc1sc2ncn(CC(=O)N3CCN(c4ccccc4F)CC3)c(=O)c2c1S(=O)(=O)N1C[C@H](C)C[C@@H](C)C1. The summed E-state index contributed by atoms with van der Waals surface area (Å²) in [5.74, 6) is -0.116. The number of anilines is 1. The van der Waals surface area contributed by atoms with Gasteiger partial charge in [0.25, 0.3) is 5.56 Å². The predicted octanol–water partition coefficient (Wildman–Crippen LogP) is 2.92. The van der Waals surface area contributed by atoms with Crippen LogP contribution in [-0.4, -0.2) is 72.3 Å². The highest BCUT2D eigenvalue weighted by atomic mass is 32.2. The molecule has 2 saturated heterocycles. The van der Waals surface area contributed by atoms with Crippen LogP contribution >= 0.6 is 11.3 Å². The number of piperidine rings is 1. The maximum atomic E-state index is 14.2. The van der Waals surface area contributed by atoms with Crippen molar-refractivity contribution in [2.24, 2.45) is 11.8 Å². The van der Waals surface area contributed by atoms with Crippen LogP contribution in [-0.2, 0) is 21.4 Å². The minimum Gasteiger partial charge on any atom is -0.366 e. The first-order valence-electron chi connectivity index (χ1n) is 12.8. The number of sulfonamides is 1. The summed E-state index contributed by atoms with van der Waals surface area (Å²) in [6.45, 7) is 8.06. The second-order valence-corrected chi connectivity index (χ2v) is 13.5. The maximum absolute atomic E-state index is 14.2. The van der Waals surface area contributed by atoms with Crippen molar-refractivity contribution in [1.82, 2.24) is 18.8 Å². The molecule has 38 heavy (non-hydrogen) atoms. The average Bonchev–Trinajstić information content (AvgIpc) is 3.23. The molecule has 0 radical (unpaired) electrons. The number of aromatic nitrogens is 2. The molecule has 3 aromatic rings. The third kappa shape index (κ3) is 4.96. The van der Waals surface area contributed by atoms with Gasteiger partial charge in [-0.25, -0.2) is 17.8 Å². The molecule has 1 amide bonds. The van der Waals surface area contributed by atoms with Gasteiger partial charge in [-0.3, -0.25) is 14.2 Å². The Hall–Kier alpha value is -2.83. The number of fused-ring (bicyclic) bond motifs is 1. The molecular formula is C26H32FN5O4S2. The van der Waals surface area contributed by atoms with Gasteiger partial charge in [-0.05, 0) is 37.3 Å². The van der Waals surface area contributed by atoms with Crippen LogP contribution in [0.4, 0.5) is 10.1 Å². The number of amides is 1. The quantitative estimate of drug-likeness (QED) is 0.476. The molecular weight excluding hydrogens is 529 g/mol. The molecule has 2 aliphatic rings. The molecule has 2 fully saturated rings. The number of hydrogen-bond donors (Lipinski definition) is 0. The van der Waals surface area contributed by atoms with E-state index in [0.29, 0.717) is 54.7 Å². The summed E-state index contributed by atoms with van der Waals surface area (Å²) in [5, 5.41) is 0.0538. The standard InChI is InChI=1S/C26H32FN5O4S2/c1-17-12-18(2)14-32(13-17)38(35,36)24-19(3)37-25-23(24)26(34)31(16-28-25)15-22(33)30-10-8-29(9-11-30)21-7-5-4-6-20(21)27/h4-7,16-18H,8-15H2,1-3H3/t17-,18-/m1/s1. The van der Waals surface area contributed by atoms with Crippen molar-refractivity contribution in [3.63, 3.8) is 0 Å². The highest BCUT2D eigenvalue weighted by molar-refractivity contribution is 7.89. The van der Waals surface area contributed by atoms with Gasteiger partial charge in [0.05, 0.1) is 17.4 Å². The van der Waals surface area contributed by atoms with Gasteiger partial charge in [-0.2, -0.15) is 4.31 Å². The van der Waals surface area contributed by atoms with E-state index in [1.54, 1.807) is 30.0 Å². The lowest BCUT2D eigenvalue weighted by Crippen LogP contribution is -2.50. The number of nitrogens with zero attached hydrogens (tertiary/aromatic N) is 5. The lowest BCUT2D eigenvalue weighted by Gasteiger charge is -2.36. The van der Waals surface area contributed by atoms with Crippen LogP contribution in [0.15, 0.2) is 40.3 Å². The Labute approximate surface area is 225 Å². The Morgan fingerprint density at radius 2 is 1.76 bits per heavy atom. The molecule has 2 aromatic heterocycles. The zero-order valence-electron chi connectivity index (χ0n) is 21.8. The van der Waals surface area contributed by atoms with E-state index >= 15 is 0 Å². The lowest BCUT2D eigenvalue weighted by atomic mass is 9.94. The van der Waals surface area contributed by atoms with E-state index in [4.69, 9.17) is 0 Å². The van der Waals surface area contributed by atoms with Crippen LogP contribution in [0.25, 0.3) is 10.2 Å². The van der Waals surface area contributed by atoms with Crippen molar-refractivity contribution in [3.05, 3.63) is 51.6 Å². The summed E-state index contributed by atoms with van der Waals surface area (Å²) in [6, 6.07) is 6.54. The van der Waals surface area contributed by atoms with Gasteiger partial charge in [-0.15, -0.1) is 11.3 Å². The molecule has 1 aromatic carbocycles. The highest BCUT2D eigenvalue weighted by Crippen LogP contribution is 2.35. The van der Waals surface area contributed by atoms with E-state index in [1.807, 2.05) is 18.7 Å². The Morgan fingerprint density at radius 3 is 2.42 bits per heavy atom. The molecule has 4 heterocycles. The minimum absolute atomic E-state index is 0.0107. The van der Waals surface area contributed by atoms with Crippen LogP contribution in [0.1, 0.15) is 25.1 Å². The van der Waals surface area contributed by atoms with Crippen LogP contribution < -0.4 is 10.5 Å². The summed E-state index contributed by atoms with van der Waals surface area (Å²) < 4.78 is 44.3. The highest BCUT2D eigenvalue weighted by Gasteiger charge is 2.36. The van der Waals surface area contributed by atoms with Gasteiger partial charge in [-0.1, -0.05) is 26.0 Å². The topological polar surface area (TPSA) is 95.8 Å². The zero-order chi connectivity index (χ0) is 27.2. The number of benzene rings is 1. The number of piperazine rings is 1. The fourth-order valence-corrected chi connectivity index (χ4v) is 8.96. The Bertz CT molecular complexity index is 1520. The first kappa shape index (κ1) is 26.8. The molecule has 2 aliphatic heterocycles. The maximum Gasteiger partial charge on any atom is 0.263 e. The molecule has 0 saturated carbocycles. The molecule has 204 valence electrons. The third-order valence-corrected chi connectivity index (χ3v) is 10.5. The smallest absolute Gasteiger partial charge is 0.263 e. The summed E-state index contributed by atoms with van der Waals surface area (Å²) in [4.78, 5) is 35.4.